The Labute approximate surface area is 394 Å². The molecule has 0 radical (unpaired) electrons. The van der Waals surface area contributed by atoms with Crippen LogP contribution in [0.1, 0.15) is 43.2 Å². The van der Waals surface area contributed by atoms with Crippen LogP contribution >= 0.6 is 46.4 Å². The number of pyridine rings is 4. The van der Waals surface area contributed by atoms with Gasteiger partial charge in [0, 0.05) is 30.2 Å². The Balaban J connectivity index is 0.000000199. The van der Waals surface area contributed by atoms with Crippen LogP contribution in [-0.4, -0.2) is 53.3 Å². The fraction of sp³-hybridized carbons (Fsp3) is 0.0732. The highest BCUT2D eigenvalue weighted by Crippen LogP contribution is 2.38. The molecule has 0 saturated heterocycles. The summed E-state index contributed by atoms with van der Waals surface area (Å²) >= 11 is 23.7. The standard InChI is InChI=1S/C21H13Cl2F3N4O3S.C20H11Cl2F3N4O3S/c1-30-10-15(23)17(12-6-8-28-20(12)30)19(31)18-16(3-2-7-27-18)29-34(32,33)11-4-5-14(22)13(9-11)21(24,25)26;21-13-4-3-10(8-12(13)20(23,24)25)33(31,32)29-15-2-1-6-26-17(15)18(30)16-11-5-7-27-19(11)28-9-14(16)22/h2-10H,1H3,(H,29,31);1-9,29H,(H,27,28)/p+1. The number of benzene rings is 2. The van der Waals surface area contributed by atoms with E-state index >= 15 is 0 Å². The lowest BCUT2D eigenvalue weighted by Gasteiger charge is -2.14. The van der Waals surface area contributed by atoms with Crippen molar-refractivity contribution in [2.75, 3.05) is 9.44 Å². The molecule has 0 fully saturated rings. The van der Waals surface area contributed by atoms with E-state index in [1.807, 2.05) is 0 Å². The molecule has 0 aliphatic carbocycles. The number of aromatic amines is 2. The van der Waals surface area contributed by atoms with Crippen LogP contribution in [0.2, 0.25) is 20.1 Å². The fourth-order valence-electron chi connectivity index (χ4n) is 6.49. The van der Waals surface area contributed by atoms with Crippen LogP contribution in [0.25, 0.3) is 22.1 Å². The first kappa shape index (κ1) is 48.6. The maximum Gasteiger partial charge on any atom is 0.417 e. The first-order chi connectivity index (χ1) is 31.4. The number of hydrogen-bond acceptors (Lipinski definition) is 9. The molecule has 8 rings (SSSR count). The van der Waals surface area contributed by atoms with Crippen molar-refractivity contribution in [1.29, 1.82) is 0 Å². The van der Waals surface area contributed by atoms with Crippen molar-refractivity contribution in [2.24, 2.45) is 7.05 Å². The molecule has 6 heterocycles. The zero-order chi connectivity index (χ0) is 48.8. The summed E-state index contributed by atoms with van der Waals surface area (Å²) in [6, 6.07) is 12.8. The van der Waals surface area contributed by atoms with Gasteiger partial charge < -0.3 is 4.98 Å². The molecule has 8 aromatic rings. The van der Waals surface area contributed by atoms with Gasteiger partial charge in [0.2, 0.25) is 11.6 Å². The third kappa shape index (κ3) is 10.0. The number of aryl methyl sites for hydroxylation is 1. The van der Waals surface area contributed by atoms with Crippen molar-refractivity contribution < 1.29 is 57.3 Å². The second-order valence-electron chi connectivity index (χ2n) is 13.9. The molecule has 26 heteroatoms. The first-order valence-electron chi connectivity index (χ1n) is 18.4. The second-order valence-corrected chi connectivity index (χ2v) is 18.9. The molecule has 0 aliphatic heterocycles. The van der Waals surface area contributed by atoms with E-state index in [1.54, 1.807) is 36.1 Å². The number of aromatic nitrogens is 6. The normalized spacial score (nSPS) is 12.2. The highest BCUT2D eigenvalue weighted by atomic mass is 35.5. The summed E-state index contributed by atoms with van der Waals surface area (Å²) in [7, 11) is -7.37. The van der Waals surface area contributed by atoms with Gasteiger partial charge in [0.25, 0.3) is 25.7 Å². The van der Waals surface area contributed by atoms with Gasteiger partial charge in [0.05, 0.1) is 82.1 Å². The van der Waals surface area contributed by atoms with E-state index in [4.69, 9.17) is 46.4 Å². The Morgan fingerprint density at radius 2 is 1.07 bits per heavy atom. The highest BCUT2D eigenvalue weighted by molar-refractivity contribution is 7.93. The topological polar surface area (TPSA) is 201 Å². The molecule has 4 N–H and O–H groups in total. The van der Waals surface area contributed by atoms with Gasteiger partial charge in [-0.1, -0.05) is 46.4 Å². The monoisotopic (exact) mass is 1040 g/mol. The average Bonchev–Trinajstić information content (AvgIpc) is 3.94. The fourth-order valence-corrected chi connectivity index (χ4v) is 9.69. The summed E-state index contributed by atoms with van der Waals surface area (Å²) in [6.07, 6.45) is -1.26. The van der Waals surface area contributed by atoms with Gasteiger partial charge in [0.1, 0.15) is 23.2 Å². The van der Waals surface area contributed by atoms with Crippen molar-refractivity contribution in [2.45, 2.75) is 22.1 Å². The molecule has 0 amide bonds. The summed E-state index contributed by atoms with van der Waals surface area (Å²) in [5, 5.41) is -0.315. The smallest absolute Gasteiger partial charge is 0.346 e. The van der Waals surface area contributed by atoms with E-state index in [2.05, 4.69) is 34.4 Å². The molecule has 67 heavy (non-hydrogen) atoms. The van der Waals surface area contributed by atoms with Crippen molar-refractivity contribution >= 4 is 111 Å². The summed E-state index contributed by atoms with van der Waals surface area (Å²) in [5.41, 5.74) is -2.60. The summed E-state index contributed by atoms with van der Waals surface area (Å²) in [6.45, 7) is 0. The minimum atomic E-state index is -4.86. The minimum Gasteiger partial charge on any atom is -0.346 e. The predicted molar refractivity (Wildman–Crippen MR) is 235 cm³/mol. The van der Waals surface area contributed by atoms with E-state index < -0.39 is 74.9 Å². The van der Waals surface area contributed by atoms with Crippen LogP contribution in [-0.2, 0) is 39.4 Å². The number of nitrogens with zero attached hydrogens (tertiary/aromatic N) is 4. The first-order valence-corrected chi connectivity index (χ1v) is 22.9. The lowest BCUT2D eigenvalue weighted by Crippen LogP contribution is -2.30. The SMILES string of the molecule is C[n+]1cc(Cl)c(C(=O)c2ncccc2NS(=O)(=O)c2ccc(Cl)c(C(F)(F)F)c2)c2cc[nH]c21.O=C(c1ncccc1NS(=O)(=O)c1ccc(Cl)c(C(F)(F)F)c1)c1c(Cl)cnc2[nH]ccc12. The molecule has 0 spiro atoms. The molecule has 0 aliphatic rings. The molecule has 0 unspecified atom stereocenters. The second kappa shape index (κ2) is 18.4. The van der Waals surface area contributed by atoms with E-state index in [-0.39, 0.29) is 43.9 Å². The Kier molecular flexibility index (Phi) is 13.4. The number of anilines is 2. The quantitative estimate of drug-likeness (QED) is 0.0584. The molecule has 6 aromatic heterocycles. The molecule has 346 valence electrons. The summed E-state index contributed by atoms with van der Waals surface area (Å²) < 4.78 is 136. The van der Waals surface area contributed by atoms with Crippen molar-refractivity contribution in [3.05, 3.63) is 164 Å². The Morgan fingerprint density at radius 3 is 1.57 bits per heavy atom. The molecule has 0 atom stereocenters. The van der Waals surface area contributed by atoms with Gasteiger partial charge in [-0.15, -0.1) is 0 Å². The van der Waals surface area contributed by atoms with Gasteiger partial charge in [-0.05, 0) is 72.8 Å². The Morgan fingerprint density at radius 1 is 0.612 bits per heavy atom. The molecule has 0 bridgehead atoms. The number of alkyl halides is 6. The number of H-pyrrole nitrogens is 2. The Bertz CT molecular complexity index is 3520. The van der Waals surface area contributed by atoms with E-state index in [0.717, 1.165) is 24.3 Å². The highest BCUT2D eigenvalue weighted by Gasteiger charge is 2.36. The third-order valence-corrected chi connectivity index (χ3v) is 13.5. The van der Waals surface area contributed by atoms with Crippen molar-refractivity contribution in [3.63, 3.8) is 0 Å². The number of hydrogen-bond donors (Lipinski definition) is 4. The van der Waals surface area contributed by atoms with Gasteiger partial charge in [-0.25, -0.2) is 31.4 Å². The molecule has 0 saturated carbocycles. The van der Waals surface area contributed by atoms with Gasteiger partial charge >= 0.3 is 12.4 Å². The third-order valence-electron chi connectivity index (χ3n) is 9.53. The van der Waals surface area contributed by atoms with Crippen LogP contribution in [0.15, 0.2) is 120 Å². The van der Waals surface area contributed by atoms with Crippen LogP contribution < -0.4 is 14.0 Å². The lowest BCUT2D eigenvalue weighted by molar-refractivity contribution is -0.646. The van der Waals surface area contributed by atoms with Gasteiger partial charge in [0.15, 0.2) is 0 Å². The minimum absolute atomic E-state index is 0.0130. The van der Waals surface area contributed by atoms with Crippen LogP contribution in [0.3, 0.4) is 0 Å². The van der Waals surface area contributed by atoms with Crippen molar-refractivity contribution in [1.82, 2.24) is 24.9 Å². The summed E-state index contributed by atoms with van der Waals surface area (Å²) in [4.78, 5) is 43.1. The van der Waals surface area contributed by atoms with E-state index in [9.17, 15) is 52.8 Å². The molecular formula is C41H25Cl4F6N8O6S2+. The largest absolute Gasteiger partial charge is 0.417 e. The van der Waals surface area contributed by atoms with Crippen LogP contribution in [0.5, 0.6) is 0 Å². The van der Waals surface area contributed by atoms with Crippen LogP contribution in [0.4, 0.5) is 37.7 Å². The van der Waals surface area contributed by atoms with Crippen molar-refractivity contribution in [3.8, 4) is 0 Å². The number of sulfonamides is 2. The predicted octanol–water partition coefficient (Wildman–Crippen LogP) is 10.1. The number of carbonyl (C=O) groups is 2. The molecular weight excluding hydrogens is 1020 g/mol. The Hall–Kier alpha value is -6.30. The average molecular weight is 1050 g/mol. The molecule has 2 aromatic carbocycles. The lowest BCUT2D eigenvalue weighted by atomic mass is 10.0. The maximum atomic E-state index is 13.4. The number of ketones is 2. The maximum absolute atomic E-state index is 13.4. The number of fused-ring (bicyclic) bond motifs is 2. The number of rotatable bonds is 10. The van der Waals surface area contributed by atoms with E-state index in [0.29, 0.717) is 34.2 Å². The number of carbonyl (C=O) groups excluding carboxylic acids is 2. The zero-order valence-corrected chi connectivity index (χ0v) is 37.9. The van der Waals surface area contributed by atoms with Gasteiger partial charge in [-0.2, -0.15) is 26.3 Å². The number of nitrogens with one attached hydrogen (secondary N) is 4. The summed E-state index contributed by atoms with van der Waals surface area (Å²) in [5.74, 6) is -1.39. The van der Waals surface area contributed by atoms with Gasteiger partial charge in [-0.3, -0.25) is 29.0 Å². The molecule has 14 nitrogen and oxygen atoms in total. The van der Waals surface area contributed by atoms with E-state index in [1.165, 1.54) is 49.1 Å². The number of halogens is 10. The zero-order valence-electron chi connectivity index (χ0n) is 33.2. The van der Waals surface area contributed by atoms with Crippen LogP contribution in [0, 0.1) is 0 Å².